The Morgan fingerprint density at radius 2 is 2.22 bits per heavy atom. The van der Waals surface area contributed by atoms with Gasteiger partial charge in [0, 0.05) is 5.75 Å². The predicted octanol–water partition coefficient (Wildman–Crippen LogP) is 1.51. The van der Waals surface area contributed by atoms with Gasteiger partial charge < -0.3 is 0 Å². The molecule has 0 bridgehead atoms. The molecule has 0 aromatic rings. The largest absolute Gasteiger partial charge is 0.139 e. The van der Waals surface area contributed by atoms with Crippen LogP contribution in [0.5, 0.6) is 0 Å². The van der Waals surface area contributed by atoms with Gasteiger partial charge in [-0.05, 0) is 20.8 Å². The minimum atomic E-state index is -0.135. The molecule has 0 aliphatic carbocycles. The van der Waals surface area contributed by atoms with Crippen LogP contribution in [-0.2, 0) is 5.21 Å². The molecule has 1 heterocycles. The first kappa shape index (κ1) is 7.38. The molecule has 1 radical (unpaired) electrons. The van der Waals surface area contributed by atoms with Crippen LogP contribution in [0, 0.1) is 0 Å². The summed E-state index contributed by atoms with van der Waals surface area (Å²) in [5.41, 5.74) is -0.135. The van der Waals surface area contributed by atoms with Gasteiger partial charge in [0.1, 0.15) is 0 Å². The van der Waals surface area contributed by atoms with Crippen molar-refractivity contribution in [3.8, 4) is 0 Å². The van der Waals surface area contributed by atoms with Crippen molar-refractivity contribution in [2.45, 2.75) is 31.7 Å². The van der Waals surface area contributed by atoms with Gasteiger partial charge in [-0.2, -0.15) is 0 Å². The Hall–Kier alpha value is 0.270. The maximum Gasteiger partial charge on any atom is 0.0814 e. The number of nitrogens with zero attached hydrogens (tertiary/aromatic N) is 1. The number of hydrogen-bond donors (Lipinski definition) is 0. The van der Waals surface area contributed by atoms with Gasteiger partial charge in [-0.3, -0.25) is 0 Å². The summed E-state index contributed by atoms with van der Waals surface area (Å²) in [4.78, 5) is 0. The average Bonchev–Trinajstić information content (AvgIpc) is 1.97. The van der Waals surface area contributed by atoms with E-state index in [4.69, 9.17) is 0 Å². The first-order valence-corrected chi connectivity index (χ1v) is 4.17. The molecule has 1 atom stereocenters. The molecule has 2 nitrogen and oxygen atoms in total. The van der Waals surface area contributed by atoms with Crippen molar-refractivity contribution in [3.05, 3.63) is 0 Å². The zero-order chi connectivity index (χ0) is 7.07. The molecule has 1 aliphatic heterocycles. The fourth-order valence-electron chi connectivity index (χ4n) is 0.948. The van der Waals surface area contributed by atoms with Gasteiger partial charge in [0.15, 0.2) is 0 Å². The van der Waals surface area contributed by atoms with E-state index in [9.17, 15) is 5.21 Å². The highest BCUT2D eigenvalue weighted by molar-refractivity contribution is 8.00. The topological polar surface area (TPSA) is 23.1 Å². The molecule has 0 N–H and O–H groups in total. The average molecular weight is 146 g/mol. The van der Waals surface area contributed by atoms with Crippen LogP contribution >= 0.6 is 11.8 Å². The van der Waals surface area contributed by atoms with Crippen LogP contribution in [0.3, 0.4) is 0 Å². The lowest BCUT2D eigenvalue weighted by Gasteiger charge is -2.23. The van der Waals surface area contributed by atoms with Gasteiger partial charge in [0.2, 0.25) is 0 Å². The van der Waals surface area contributed by atoms with E-state index in [0.717, 1.165) is 5.75 Å². The van der Waals surface area contributed by atoms with Gasteiger partial charge in [0.25, 0.3) is 0 Å². The summed E-state index contributed by atoms with van der Waals surface area (Å²) >= 11 is 1.73. The highest BCUT2D eigenvalue weighted by Gasteiger charge is 2.37. The second-order valence-corrected chi connectivity index (χ2v) is 4.35. The molecule has 0 saturated carbocycles. The molecule has 1 unspecified atom stereocenters. The van der Waals surface area contributed by atoms with E-state index >= 15 is 0 Å². The minimum Gasteiger partial charge on any atom is -0.139 e. The molecule has 0 spiro atoms. The van der Waals surface area contributed by atoms with Crippen LogP contribution < -0.4 is 0 Å². The number of hydroxylamine groups is 2. The minimum absolute atomic E-state index is 0.135. The van der Waals surface area contributed by atoms with Gasteiger partial charge in [-0.25, -0.2) is 0 Å². The molecule has 0 amide bonds. The molecule has 0 aromatic carbocycles. The second-order valence-electron chi connectivity index (χ2n) is 3.05. The third-order valence-corrected chi connectivity index (χ3v) is 3.15. The Morgan fingerprint density at radius 3 is 2.33 bits per heavy atom. The Balaban J connectivity index is 2.62. The molecular formula is C6H12NOS. The van der Waals surface area contributed by atoms with Crippen LogP contribution in [0.2, 0.25) is 0 Å². The zero-order valence-electron chi connectivity index (χ0n) is 6.05. The van der Waals surface area contributed by atoms with Gasteiger partial charge in [0.05, 0.1) is 10.9 Å². The highest BCUT2D eigenvalue weighted by atomic mass is 32.2. The van der Waals surface area contributed by atoms with E-state index in [1.165, 1.54) is 5.06 Å². The summed E-state index contributed by atoms with van der Waals surface area (Å²) in [6.07, 6.45) is 0. The van der Waals surface area contributed by atoms with E-state index in [1.54, 1.807) is 11.8 Å². The predicted molar refractivity (Wildman–Crippen MR) is 38.5 cm³/mol. The Kier molecular flexibility index (Phi) is 1.76. The molecule has 1 aliphatic rings. The van der Waals surface area contributed by atoms with E-state index in [1.807, 2.05) is 20.8 Å². The van der Waals surface area contributed by atoms with Crippen LogP contribution in [-0.4, -0.2) is 21.7 Å². The maximum atomic E-state index is 11.1. The summed E-state index contributed by atoms with van der Waals surface area (Å²) in [6, 6.07) is 0. The Labute approximate surface area is 60.2 Å². The van der Waals surface area contributed by atoms with E-state index in [2.05, 4.69) is 0 Å². The van der Waals surface area contributed by atoms with Crippen molar-refractivity contribution < 1.29 is 5.21 Å². The molecule has 53 valence electrons. The quantitative estimate of drug-likeness (QED) is 0.517. The number of rotatable bonds is 0. The molecule has 0 aromatic heterocycles. The van der Waals surface area contributed by atoms with Crippen molar-refractivity contribution in [2.75, 3.05) is 5.75 Å². The van der Waals surface area contributed by atoms with Crippen LogP contribution in [0.1, 0.15) is 20.8 Å². The molecular weight excluding hydrogens is 134 g/mol. The first-order chi connectivity index (χ1) is 4.04. The van der Waals surface area contributed by atoms with Crippen LogP contribution in [0.15, 0.2) is 0 Å². The Bertz CT molecular complexity index is 116. The molecule has 9 heavy (non-hydrogen) atoms. The fourth-order valence-corrected chi connectivity index (χ4v) is 2.15. The van der Waals surface area contributed by atoms with E-state index in [0.29, 0.717) is 0 Å². The lowest BCUT2D eigenvalue weighted by molar-refractivity contribution is -0.208. The first-order valence-electron chi connectivity index (χ1n) is 3.12. The lowest BCUT2D eigenvalue weighted by Crippen LogP contribution is -2.39. The monoisotopic (exact) mass is 146 g/mol. The van der Waals surface area contributed by atoms with Gasteiger partial charge in [-0.1, -0.05) is 0 Å². The summed E-state index contributed by atoms with van der Waals surface area (Å²) < 4.78 is 0. The summed E-state index contributed by atoms with van der Waals surface area (Å²) in [6.45, 7) is 5.92. The second kappa shape index (κ2) is 2.15. The molecule has 1 saturated heterocycles. The highest BCUT2D eigenvalue weighted by Crippen LogP contribution is 2.34. The van der Waals surface area contributed by atoms with Crippen molar-refractivity contribution in [1.82, 2.24) is 5.06 Å². The fraction of sp³-hybridized carbons (Fsp3) is 1.00. The van der Waals surface area contributed by atoms with Crippen LogP contribution in [0.25, 0.3) is 0 Å². The van der Waals surface area contributed by atoms with Gasteiger partial charge >= 0.3 is 0 Å². The van der Waals surface area contributed by atoms with E-state index in [-0.39, 0.29) is 10.9 Å². The summed E-state index contributed by atoms with van der Waals surface area (Å²) in [5, 5.41) is 12.5. The maximum absolute atomic E-state index is 11.1. The standard InChI is InChI=1S/C6H12NOS/c1-5-7(8)6(2,3)4-9-5/h5H,4H2,1-3H3. The van der Waals surface area contributed by atoms with Gasteiger partial charge in [-0.15, -0.1) is 22.0 Å². The SMILES string of the molecule is CC1SCC(C)(C)N1[O]. The number of thioether (sulfide) groups is 1. The molecule has 1 rings (SSSR count). The third-order valence-electron chi connectivity index (χ3n) is 1.60. The number of hydrogen-bond acceptors (Lipinski definition) is 2. The zero-order valence-corrected chi connectivity index (χ0v) is 6.86. The van der Waals surface area contributed by atoms with Crippen molar-refractivity contribution in [1.29, 1.82) is 0 Å². The Morgan fingerprint density at radius 1 is 1.67 bits per heavy atom. The van der Waals surface area contributed by atoms with Crippen molar-refractivity contribution >= 4 is 11.8 Å². The summed E-state index contributed by atoms with van der Waals surface area (Å²) in [5.74, 6) is 0.956. The molecule has 3 heteroatoms. The smallest absolute Gasteiger partial charge is 0.0814 e. The van der Waals surface area contributed by atoms with E-state index < -0.39 is 0 Å². The van der Waals surface area contributed by atoms with Crippen LogP contribution in [0.4, 0.5) is 0 Å². The summed E-state index contributed by atoms with van der Waals surface area (Å²) in [7, 11) is 0. The van der Waals surface area contributed by atoms with Crippen molar-refractivity contribution in [3.63, 3.8) is 0 Å². The normalized spacial score (nSPS) is 35.3. The molecule has 1 fully saturated rings. The third kappa shape index (κ3) is 1.23. The van der Waals surface area contributed by atoms with Crippen molar-refractivity contribution in [2.24, 2.45) is 0 Å². The lowest BCUT2D eigenvalue weighted by atomic mass is 10.1.